The number of methoxy groups -OCH3 is 4. The summed E-state index contributed by atoms with van der Waals surface area (Å²) < 4.78 is 75.7. The molecule has 0 spiro atoms. The molecule has 15 nitrogen and oxygen atoms in total. The predicted octanol–water partition coefficient (Wildman–Crippen LogP) is 8.73. The first-order valence-corrected chi connectivity index (χ1v) is 23.9. The molecular formula is C54H49FN5O10P. The first kappa shape index (κ1) is 47.1. The van der Waals surface area contributed by atoms with E-state index in [0.29, 0.717) is 34.1 Å². The van der Waals surface area contributed by atoms with Crippen molar-refractivity contribution in [3.05, 3.63) is 220 Å². The number of rotatable bonds is 17. The third-order valence-corrected chi connectivity index (χ3v) is 13.6. The first-order chi connectivity index (χ1) is 34.6. The molecular weight excluding hydrogens is 929 g/mol. The Morgan fingerprint density at radius 2 is 1.10 bits per heavy atom. The lowest BCUT2D eigenvalue weighted by atomic mass is 9.76. The number of ether oxygens (including phenoxy) is 6. The van der Waals surface area contributed by atoms with Gasteiger partial charge in [0.1, 0.15) is 46.3 Å². The van der Waals surface area contributed by atoms with Gasteiger partial charge in [0.05, 0.1) is 41.4 Å². The van der Waals surface area contributed by atoms with Gasteiger partial charge in [0.25, 0.3) is 5.56 Å². The third-order valence-electron chi connectivity index (χ3n) is 13.2. The smallest absolute Gasteiger partial charge is 0.317 e. The Balaban J connectivity index is 1.11. The molecule has 4 heterocycles. The summed E-state index contributed by atoms with van der Waals surface area (Å²) in [5, 5.41) is 0. The van der Waals surface area contributed by atoms with Crippen LogP contribution in [0.15, 0.2) is 181 Å². The van der Waals surface area contributed by atoms with Gasteiger partial charge < -0.3 is 33.3 Å². The molecule has 0 amide bonds. The van der Waals surface area contributed by atoms with Gasteiger partial charge in [-0.15, -0.1) is 0 Å². The van der Waals surface area contributed by atoms with Gasteiger partial charge in [-0.3, -0.25) is 23.0 Å². The fraction of sp³-hybridized carbons (Fsp3) is 0.204. The second-order valence-corrected chi connectivity index (χ2v) is 17.6. The van der Waals surface area contributed by atoms with E-state index in [2.05, 4.69) is 4.98 Å². The molecule has 1 aliphatic heterocycles. The van der Waals surface area contributed by atoms with Crippen LogP contribution in [0.5, 0.6) is 23.0 Å². The zero-order valence-electron chi connectivity index (χ0n) is 39.0. The van der Waals surface area contributed by atoms with E-state index in [-0.39, 0.29) is 23.5 Å². The average molecular weight is 978 g/mol. The fourth-order valence-electron chi connectivity index (χ4n) is 9.76. The molecule has 1 aliphatic rings. The molecule has 10 rings (SSSR count). The van der Waals surface area contributed by atoms with Crippen LogP contribution in [-0.2, 0) is 29.7 Å². The highest BCUT2D eigenvalue weighted by molar-refractivity contribution is 7.32. The Bertz CT molecular complexity index is 3260. The number of aromatic nitrogens is 5. The Kier molecular flexibility index (Phi) is 13.0. The molecule has 0 bridgehead atoms. The van der Waals surface area contributed by atoms with E-state index in [1.165, 1.54) is 15.3 Å². The van der Waals surface area contributed by atoms with Crippen molar-refractivity contribution in [1.82, 2.24) is 23.5 Å². The summed E-state index contributed by atoms with van der Waals surface area (Å²) in [6, 6.07) is 49.3. The molecule has 362 valence electrons. The highest BCUT2D eigenvalue weighted by atomic mass is 31.1. The fourth-order valence-corrected chi connectivity index (χ4v) is 10.2. The van der Waals surface area contributed by atoms with E-state index < -0.39 is 49.6 Å². The van der Waals surface area contributed by atoms with Crippen LogP contribution < -0.4 is 24.5 Å². The number of hydrogen-bond donors (Lipinski definition) is 1. The lowest BCUT2D eigenvalue weighted by molar-refractivity contribution is -0.0885. The SMILES string of the molecule is COc1ccc(C(OC[C@H]2O[C@@H](n3cnc4c(=O)n5ccn(C(c6ccccc6)(c6ccc(OC)cc6)c6ccc(OC)cc6)c5nc43)[C@H](O[PH](=O)O)[C@@H]2F)(c2ccccc2)c2ccc(OC)cc2)cc1. The Morgan fingerprint density at radius 1 is 0.648 bits per heavy atom. The number of fused-ring (bicyclic) bond motifs is 2. The molecule has 71 heavy (non-hydrogen) atoms. The van der Waals surface area contributed by atoms with Crippen LogP contribution in [0, 0.1) is 0 Å². The maximum Gasteiger partial charge on any atom is 0.317 e. The van der Waals surface area contributed by atoms with Crippen molar-refractivity contribution in [2.24, 2.45) is 0 Å². The molecule has 0 saturated carbocycles. The van der Waals surface area contributed by atoms with Crippen molar-refractivity contribution in [3.8, 4) is 23.0 Å². The lowest BCUT2D eigenvalue weighted by Crippen LogP contribution is -2.38. The van der Waals surface area contributed by atoms with E-state index in [1.807, 2.05) is 162 Å². The van der Waals surface area contributed by atoms with E-state index in [9.17, 15) is 14.3 Å². The molecule has 9 aromatic rings. The normalized spacial score (nSPS) is 17.6. The van der Waals surface area contributed by atoms with Gasteiger partial charge in [-0.25, -0.2) is 13.8 Å². The summed E-state index contributed by atoms with van der Waals surface area (Å²) >= 11 is 0. The molecule has 1 unspecified atom stereocenters. The lowest BCUT2D eigenvalue weighted by Gasteiger charge is -2.37. The second kappa shape index (κ2) is 19.7. The van der Waals surface area contributed by atoms with Gasteiger partial charge in [-0.2, -0.15) is 4.98 Å². The van der Waals surface area contributed by atoms with E-state index >= 15 is 4.39 Å². The molecule has 6 aromatic carbocycles. The molecule has 17 heteroatoms. The number of imidazole rings is 2. The molecule has 1 fully saturated rings. The minimum atomic E-state index is -3.77. The van der Waals surface area contributed by atoms with Crippen molar-refractivity contribution in [3.63, 3.8) is 0 Å². The van der Waals surface area contributed by atoms with Crippen LogP contribution in [0.4, 0.5) is 4.39 Å². The highest BCUT2D eigenvalue weighted by Gasteiger charge is 2.50. The number of alkyl halides is 1. The summed E-state index contributed by atoms with van der Waals surface area (Å²) in [7, 11) is 2.58. The van der Waals surface area contributed by atoms with Crippen molar-refractivity contribution >= 4 is 25.2 Å². The molecule has 0 radical (unpaired) electrons. The predicted molar refractivity (Wildman–Crippen MR) is 264 cm³/mol. The van der Waals surface area contributed by atoms with E-state index in [0.717, 1.165) is 22.3 Å². The Labute approximate surface area is 408 Å². The van der Waals surface area contributed by atoms with Crippen LogP contribution in [0.25, 0.3) is 16.9 Å². The second-order valence-electron chi connectivity index (χ2n) is 16.8. The van der Waals surface area contributed by atoms with Crippen molar-refractivity contribution < 1.29 is 46.8 Å². The van der Waals surface area contributed by atoms with E-state index in [1.54, 1.807) is 40.8 Å². The molecule has 3 aromatic heterocycles. The topological polar surface area (TPSA) is 159 Å². The van der Waals surface area contributed by atoms with Gasteiger partial charge >= 0.3 is 8.25 Å². The number of hydrogen-bond acceptors (Lipinski definition) is 11. The first-order valence-electron chi connectivity index (χ1n) is 22.6. The van der Waals surface area contributed by atoms with Gasteiger partial charge in [-0.05, 0) is 81.9 Å². The van der Waals surface area contributed by atoms with Crippen molar-refractivity contribution in [2.75, 3.05) is 35.0 Å². The Hall–Kier alpha value is -7.59. The minimum absolute atomic E-state index is 0.0152. The monoisotopic (exact) mass is 977 g/mol. The maximum atomic E-state index is 17.3. The summed E-state index contributed by atoms with van der Waals surface area (Å²) in [6.07, 6.45) is -1.82. The van der Waals surface area contributed by atoms with Gasteiger partial charge in [0.2, 0.25) is 5.78 Å². The number of benzene rings is 6. The van der Waals surface area contributed by atoms with Gasteiger partial charge in [0, 0.05) is 12.4 Å². The standard InChI is InChI=1S/C54H49FN5O10P/c1-64-41-23-15-36(16-24-41)53(35-11-7-5-8-12-35,37-17-25-42(65-2)26-18-37)60-32-31-58-50(61)47-49(57-52(58)60)59(34-56-47)51-48(70-71(62)63)46(55)45(69-51)33-68-54(38-13-9-6-10-14-38,39-19-27-43(66-3)28-20-39)40-21-29-44(67-4)30-22-40/h5-32,34,45-46,48,51,71H,33H2,1-4H3,(H,62,63)/t45-,46-,48-,51-/m1/s1. The zero-order chi connectivity index (χ0) is 49.3. The number of nitrogens with zero attached hydrogens (tertiary/aromatic N) is 5. The summed E-state index contributed by atoms with van der Waals surface area (Å²) in [5.74, 6) is 2.71. The van der Waals surface area contributed by atoms with Gasteiger partial charge in [0.15, 0.2) is 23.6 Å². The summed E-state index contributed by atoms with van der Waals surface area (Å²) in [4.78, 5) is 34.5. The van der Waals surface area contributed by atoms with Crippen molar-refractivity contribution in [1.29, 1.82) is 0 Å². The van der Waals surface area contributed by atoms with Crippen molar-refractivity contribution in [2.45, 2.75) is 35.7 Å². The zero-order valence-corrected chi connectivity index (χ0v) is 40.0. The molecule has 5 atom stereocenters. The highest BCUT2D eigenvalue weighted by Crippen LogP contribution is 2.46. The number of halogens is 1. The van der Waals surface area contributed by atoms with Crippen LogP contribution in [0.2, 0.25) is 0 Å². The Morgan fingerprint density at radius 3 is 1.58 bits per heavy atom. The largest absolute Gasteiger partial charge is 0.497 e. The van der Waals surface area contributed by atoms with E-state index in [4.69, 9.17) is 37.9 Å². The van der Waals surface area contributed by atoms with Crippen LogP contribution in [0.3, 0.4) is 0 Å². The minimum Gasteiger partial charge on any atom is -0.497 e. The average Bonchev–Trinajstić information content (AvgIpc) is 4.14. The quantitative estimate of drug-likeness (QED) is 0.0684. The van der Waals surface area contributed by atoms with Crippen LogP contribution in [0.1, 0.15) is 39.6 Å². The van der Waals surface area contributed by atoms with Crippen LogP contribution >= 0.6 is 8.25 Å². The third kappa shape index (κ3) is 8.22. The summed E-state index contributed by atoms with van der Waals surface area (Å²) in [6.45, 7) is -0.379. The molecule has 1 N–H and O–H groups in total. The van der Waals surface area contributed by atoms with Gasteiger partial charge in [-0.1, -0.05) is 109 Å². The summed E-state index contributed by atoms with van der Waals surface area (Å²) in [5.41, 5.74) is 1.45. The maximum absolute atomic E-state index is 17.3. The molecule has 0 aliphatic carbocycles. The van der Waals surface area contributed by atoms with Crippen LogP contribution in [-0.4, -0.2) is 81.8 Å². The molecule has 1 saturated heterocycles.